The summed E-state index contributed by atoms with van der Waals surface area (Å²) in [7, 11) is 0. The molecule has 0 aromatic carbocycles. The molecule has 0 saturated carbocycles. The van der Waals surface area contributed by atoms with Crippen LogP contribution in [0.25, 0.3) is 0 Å². The molecule has 8 heteroatoms. The van der Waals surface area contributed by atoms with E-state index < -0.39 is 0 Å². The molecule has 0 amide bonds. The van der Waals surface area contributed by atoms with Gasteiger partial charge in [0.15, 0.2) is 0 Å². The first-order valence-electron chi connectivity index (χ1n) is 0. The third kappa shape index (κ3) is 215. The van der Waals surface area contributed by atoms with Gasteiger partial charge in [0.05, 0.1) is 0 Å². The van der Waals surface area contributed by atoms with Crippen LogP contribution in [0, 0.1) is 0 Å². The van der Waals surface area contributed by atoms with Gasteiger partial charge in [0.1, 0.15) is 0 Å². The molecule has 0 rings (SSSR count). The van der Waals surface area contributed by atoms with Gasteiger partial charge in [-0.15, -0.1) is 0 Å². The van der Waals surface area contributed by atoms with E-state index in [0.717, 1.165) is 0 Å². The Morgan fingerprint density at radius 3 is 0.375 bits per heavy atom. The predicted octanol–water partition coefficient (Wildman–Crippen LogP) is -5.48. The average molecular weight is 166 g/mol. The van der Waals surface area contributed by atoms with Crippen LogP contribution in [-0.2, 0) is 0 Å². The molecule has 0 aromatic heterocycles. The molecular weight excluding hydrogens is 151 g/mol. The van der Waals surface area contributed by atoms with Gasteiger partial charge in [-0.2, -0.15) is 13.5 Å². The van der Waals surface area contributed by atoms with Crippen molar-refractivity contribution in [3.8, 4) is 0 Å². The van der Waals surface area contributed by atoms with Gasteiger partial charge in [0, 0.05) is 0 Å². The van der Waals surface area contributed by atoms with E-state index in [9.17, 15) is 0 Å². The zero-order valence-corrected chi connectivity index (χ0v) is 4.50. The minimum absolute atomic E-state index is 0. The van der Waals surface area contributed by atoms with Gasteiger partial charge in [-0.3, -0.25) is 0 Å². The molecule has 0 spiro atoms. The molecule has 0 fully saturated rings. The van der Waals surface area contributed by atoms with Gasteiger partial charge in [-0.1, -0.05) is 0 Å². The molecule has 0 unspecified atom stereocenters. The standard InChI is InChI=1S/Na.6H2O.H2S.H/h;7*1H2;. The maximum absolute atomic E-state index is 0. The first-order chi connectivity index (χ1) is 0. The van der Waals surface area contributed by atoms with Gasteiger partial charge < -0.3 is 32.9 Å². The van der Waals surface area contributed by atoms with Crippen molar-refractivity contribution in [1.82, 2.24) is 0 Å². The summed E-state index contributed by atoms with van der Waals surface area (Å²) in [5, 5.41) is 0. The Kier molecular flexibility index (Phi) is 20200. The Morgan fingerprint density at radius 1 is 0.375 bits per heavy atom. The Morgan fingerprint density at radius 2 is 0.375 bits per heavy atom. The molecule has 0 saturated heterocycles. The second-order valence-electron chi connectivity index (χ2n) is 0. The predicted molar refractivity (Wildman–Crippen MR) is 39.2 cm³/mol. The van der Waals surface area contributed by atoms with Crippen molar-refractivity contribution in [3.05, 3.63) is 0 Å². The quantitative estimate of drug-likeness (QED) is 0.310. The van der Waals surface area contributed by atoms with Crippen molar-refractivity contribution < 1.29 is 32.9 Å². The van der Waals surface area contributed by atoms with Crippen molar-refractivity contribution in [3.63, 3.8) is 0 Å². The van der Waals surface area contributed by atoms with Crippen LogP contribution in [0.2, 0.25) is 0 Å². The van der Waals surface area contributed by atoms with E-state index >= 15 is 0 Å². The molecule has 0 aromatic rings. The molecule has 0 radical (unpaired) electrons. The summed E-state index contributed by atoms with van der Waals surface area (Å²) in [6, 6.07) is 0. The maximum atomic E-state index is 0. The first kappa shape index (κ1) is 486. The molecule has 6 nitrogen and oxygen atoms in total. The summed E-state index contributed by atoms with van der Waals surface area (Å²) < 4.78 is 0. The Labute approximate surface area is 75.9 Å². The monoisotopic (exact) mass is 166 g/mol. The third-order valence-corrected chi connectivity index (χ3v) is 0. The van der Waals surface area contributed by atoms with Crippen LogP contribution in [0.3, 0.4) is 0 Å². The molecular formula is H15NaO6S. The molecule has 0 aliphatic carbocycles. The molecule has 58 valence electrons. The van der Waals surface area contributed by atoms with E-state index in [1.807, 2.05) is 0 Å². The van der Waals surface area contributed by atoms with Crippen LogP contribution >= 0.6 is 13.5 Å². The number of rotatable bonds is 0. The van der Waals surface area contributed by atoms with Crippen LogP contribution in [0.5, 0.6) is 0 Å². The number of hydrogen-bond acceptors (Lipinski definition) is 0. The average Bonchev–Trinajstić information content (AvgIpc) is 0. The fraction of sp³-hybridized carbons (Fsp3) is 0. The molecule has 0 atom stereocenters. The van der Waals surface area contributed by atoms with E-state index in [-0.39, 0.29) is 75.9 Å². The Balaban J connectivity index is 0. The Bertz CT molecular complexity index is 8.49. The molecule has 0 aliphatic rings. The van der Waals surface area contributed by atoms with Gasteiger partial charge in [0.25, 0.3) is 0 Å². The van der Waals surface area contributed by atoms with Crippen LogP contribution in [0.15, 0.2) is 0 Å². The molecule has 8 heavy (non-hydrogen) atoms. The first-order valence-corrected chi connectivity index (χ1v) is 0. The summed E-state index contributed by atoms with van der Waals surface area (Å²) >= 11 is 0. The van der Waals surface area contributed by atoms with E-state index in [2.05, 4.69) is 0 Å². The van der Waals surface area contributed by atoms with Crippen molar-refractivity contribution in [1.29, 1.82) is 0 Å². The second-order valence-corrected chi connectivity index (χ2v) is 0. The molecule has 12 N–H and O–H groups in total. The minimum atomic E-state index is 0. The van der Waals surface area contributed by atoms with E-state index in [4.69, 9.17) is 0 Å². The zero-order chi connectivity index (χ0) is 0. The zero-order valence-electron chi connectivity index (χ0n) is 3.50. The van der Waals surface area contributed by atoms with E-state index in [1.165, 1.54) is 0 Å². The van der Waals surface area contributed by atoms with Crippen molar-refractivity contribution >= 4 is 43.1 Å². The topological polar surface area (TPSA) is 189 Å². The fourth-order valence-corrected chi connectivity index (χ4v) is 0. The van der Waals surface area contributed by atoms with E-state index in [1.54, 1.807) is 0 Å². The Hall–Kier alpha value is 1.11. The van der Waals surface area contributed by atoms with Crippen LogP contribution in [0.4, 0.5) is 0 Å². The van der Waals surface area contributed by atoms with Crippen LogP contribution < -0.4 is 0 Å². The summed E-state index contributed by atoms with van der Waals surface area (Å²) in [4.78, 5) is 0. The van der Waals surface area contributed by atoms with Crippen molar-refractivity contribution in [2.75, 3.05) is 0 Å². The van der Waals surface area contributed by atoms with Gasteiger partial charge >= 0.3 is 29.6 Å². The van der Waals surface area contributed by atoms with Gasteiger partial charge in [-0.25, -0.2) is 0 Å². The van der Waals surface area contributed by atoms with Crippen molar-refractivity contribution in [2.45, 2.75) is 0 Å². The summed E-state index contributed by atoms with van der Waals surface area (Å²) in [5.41, 5.74) is 0. The summed E-state index contributed by atoms with van der Waals surface area (Å²) in [5.74, 6) is 0. The normalized spacial score (nSPS) is 0. The van der Waals surface area contributed by atoms with Crippen LogP contribution in [-0.4, -0.2) is 62.4 Å². The second kappa shape index (κ2) is 333. The van der Waals surface area contributed by atoms with E-state index in [0.29, 0.717) is 0 Å². The molecule has 0 bridgehead atoms. The third-order valence-electron chi connectivity index (χ3n) is 0. The fourth-order valence-electron chi connectivity index (χ4n) is 0. The van der Waals surface area contributed by atoms with Crippen LogP contribution in [0.1, 0.15) is 0 Å². The molecule has 0 aliphatic heterocycles. The number of hydrogen-bond donors (Lipinski definition) is 0. The van der Waals surface area contributed by atoms with Gasteiger partial charge in [0.2, 0.25) is 0 Å². The van der Waals surface area contributed by atoms with Gasteiger partial charge in [-0.05, 0) is 0 Å². The molecule has 0 heterocycles. The van der Waals surface area contributed by atoms with Crippen molar-refractivity contribution in [2.24, 2.45) is 0 Å². The summed E-state index contributed by atoms with van der Waals surface area (Å²) in [6.07, 6.45) is 0. The summed E-state index contributed by atoms with van der Waals surface area (Å²) in [6.45, 7) is 0. The SMILES string of the molecule is O.O.O.O.O.O.S.[NaH].